The Balaban J connectivity index is 4.66. The molecule has 0 spiro atoms. The molecule has 0 saturated heterocycles. The molecule has 22 heavy (non-hydrogen) atoms. The van der Waals surface area contributed by atoms with Crippen LogP contribution in [0.15, 0.2) is 0 Å². The predicted octanol–water partition coefficient (Wildman–Crippen LogP) is 5.14. The van der Waals surface area contributed by atoms with Gasteiger partial charge in [0.05, 0.1) is 9.52 Å². The molecule has 0 aliphatic rings. The Labute approximate surface area is 153 Å². The molecule has 1 atom stereocenters. The second-order valence-corrected chi connectivity index (χ2v) is 25.2. The number of hydrogen-bond acceptors (Lipinski definition) is 2. The van der Waals surface area contributed by atoms with Gasteiger partial charge < -0.3 is 8.85 Å². The number of hydrogen-bond donors (Lipinski definition) is 0. The largest absolute Gasteiger partial charge is 0.398 e. The highest BCUT2D eigenvalue weighted by Gasteiger charge is 2.31. The number of unbranched alkanes of at least 4 members (excludes halogenated alkanes) is 3. The Bertz CT molecular complexity index is 278. The van der Waals surface area contributed by atoms with Crippen LogP contribution in [0.4, 0.5) is 0 Å². The molecule has 2 nitrogen and oxygen atoms in total. The van der Waals surface area contributed by atoms with Crippen molar-refractivity contribution in [2.75, 3.05) is 0 Å². The van der Waals surface area contributed by atoms with Gasteiger partial charge in [0.25, 0.3) is 0 Å². The van der Waals surface area contributed by atoms with Crippen LogP contribution in [0.5, 0.6) is 0 Å². The molecule has 0 saturated carbocycles. The quantitative estimate of drug-likeness (QED) is 0.189. The van der Waals surface area contributed by atoms with Gasteiger partial charge >= 0.3 is 0 Å². The van der Waals surface area contributed by atoms with E-state index < -0.39 is 33.6 Å². The van der Waals surface area contributed by atoms with E-state index in [9.17, 15) is 0 Å². The van der Waals surface area contributed by atoms with Crippen molar-refractivity contribution in [1.82, 2.24) is 0 Å². The average Bonchev–Trinajstić information content (AvgIpc) is 2.28. The molecule has 134 valence electrons. The van der Waals surface area contributed by atoms with Crippen molar-refractivity contribution < 1.29 is 8.85 Å². The highest BCUT2D eigenvalue weighted by molar-refractivity contribution is 7.36. The van der Waals surface area contributed by atoms with E-state index in [1.165, 1.54) is 32.1 Å². The summed E-state index contributed by atoms with van der Waals surface area (Å²) in [4.78, 5) is 0. The van der Waals surface area contributed by atoms with Gasteiger partial charge in [-0.1, -0.05) is 39.0 Å². The Kier molecular flexibility index (Phi) is 11.8. The van der Waals surface area contributed by atoms with Crippen molar-refractivity contribution in [3.05, 3.63) is 0 Å². The van der Waals surface area contributed by atoms with E-state index in [-0.39, 0.29) is 5.91 Å². The molecule has 0 aromatic heterocycles. The zero-order valence-electron chi connectivity index (χ0n) is 15.5. The molecule has 0 fully saturated rings. The van der Waals surface area contributed by atoms with Gasteiger partial charge in [0.1, 0.15) is 5.91 Å². The Morgan fingerprint density at radius 1 is 0.909 bits per heavy atom. The van der Waals surface area contributed by atoms with E-state index in [1.807, 2.05) is 0 Å². The van der Waals surface area contributed by atoms with Gasteiger partial charge in [-0.3, -0.25) is 0 Å². The summed E-state index contributed by atoms with van der Waals surface area (Å²) in [6, 6.07) is 0. The highest BCUT2D eigenvalue weighted by atomic mass is 35.7. The van der Waals surface area contributed by atoms with Crippen molar-refractivity contribution in [2.24, 2.45) is 0 Å². The summed E-state index contributed by atoms with van der Waals surface area (Å²) in [5, 5.41) is 0.526. The molecular formula is C14H36Cl2O2Si4. The summed E-state index contributed by atoms with van der Waals surface area (Å²) < 4.78 is 12.7. The maximum absolute atomic E-state index is 6.39. The van der Waals surface area contributed by atoms with E-state index in [4.69, 9.17) is 31.0 Å². The second kappa shape index (κ2) is 11.1. The van der Waals surface area contributed by atoms with E-state index >= 15 is 0 Å². The molecule has 0 aliphatic heterocycles. The minimum absolute atomic E-state index is 0.0157. The predicted molar refractivity (Wildman–Crippen MR) is 113 cm³/mol. The fraction of sp³-hybridized carbons (Fsp3) is 1.00. The molecule has 8 heteroatoms. The lowest BCUT2D eigenvalue weighted by molar-refractivity contribution is 0.0601. The first-order chi connectivity index (χ1) is 9.94. The van der Waals surface area contributed by atoms with E-state index in [0.717, 1.165) is 0 Å². The summed E-state index contributed by atoms with van der Waals surface area (Å²) in [7, 11) is -5.44. The summed E-state index contributed by atoms with van der Waals surface area (Å²) in [5.74, 6) is 0.0157. The van der Waals surface area contributed by atoms with Crippen LogP contribution in [-0.4, -0.2) is 39.5 Å². The molecule has 0 aliphatic carbocycles. The van der Waals surface area contributed by atoms with Crippen molar-refractivity contribution in [1.29, 1.82) is 0 Å². The van der Waals surface area contributed by atoms with E-state index in [2.05, 4.69) is 46.2 Å². The second-order valence-electron chi connectivity index (χ2n) is 8.07. The molecule has 0 aromatic carbocycles. The molecule has 1 unspecified atom stereocenters. The molecule has 0 aromatic rings. The van der Waals surface area contributed by atoms with Gasteiger partial charge in [-0.15, -0.1) is 0 Å². The minimum atomic E-state index is -1.65. The van der Waals surface area contributed by atoms with Crippen LogP contribution in [-0.2, 0) is 8.85 Å². The maximum atomic E-state index is 6.39. The topological polar surface area (TPSA) is 18.5 Å². The van der Waals surface area contributed by atoms with Crippen LogP contribution >= 0.6 is 22.2 Å². The van der Waals surface area contributed by atoms with Gasteiger partial charge in [0.2, 0.25) is 7.42 Å². The van der Waals surface area contributed by atoms with Crippen LogP contribution in [0.2, 0.25) is 44.4 Å². The SMILES string of the molecule is CCCCCCC([SiH2]C(O[Si](C)(C)C)O[Si](C)(C)C)[SiH](Cl)Cl. The monoisotopic (exact) mass is 418 g/mol. The van der Waals surface area contributed by atoms with Crippen LogP contribution in [0.3, 0.4) is 0 Å². The summed E-state index contributed by atoms with van der Waals surface area (Å²) >= 11 is 12.8. The highest BCUT2D eigenvalue weighted by Crippen LogP contribution is 2.26. The van der Waals surface area contributed by atoms with Gasteiger partial charge in [-0.2, -0.15) is 22.2 Å². The lowest BCUT2D eigenvalue weighted by atomic mass is 10.2. The van der Waals surface area contributed by atoms with Gasteiger partial charge in [-0.05, 0) is 44.4 Å². The normalized spacial score (nSPS) is 15.4. The fourth-order valence-electron chi connectivity index (χ4n) is 2.34. The zero-order valence-corrected chi connectivity index (χ0v) is 21.6. The average molecular weight is 420 g/mol. The van der Waals surface area contributed by atoms with Crippen LogP contribution < -0.4 is 0 Å². The molecule has 0 N–H and O–H groups in total. The van der Waals surface area contributed by atoms with E-state index in [0.29, 0.717) is 5.16 Å². The maximum Gasteiger partial charge on any atom is 0.237 e. The first kappa shape index (κ1) is 23.4. The number of halogens is 2. The molecule has 0 amide bonds. The lowest BCUT2D eigenvalue weighted by Crippen LogP contribution is -2.44. The third-order valence-electron chi connectivity index (χ3n) is 3.25. The Morgan fingerprint density at radius 2 is 1.41 bits per heavy atom. The van der Waals surface area contributed by atoms with Crippen molar-refractivity contribution >= 4 is 55.7 Å². The minimum Gasteiger partial charge on any atom is -0.398 e. The zero-order chi connectivity index (χ0) is 17.4. The number of rotatable bonds is 12. The third kappa shape index (κ3) is 13.8. The van der Waals surface area contributed by atoms with Gasteiger partial charge in [-0.25, -0.2) is 0 Å². The summed E-state index contributed by atoms with van der Waals surface area (Å²) in [6.07, 6.45) is 6.30. The lowest BCUT2D eigenvalue weighted by Gasteiger charge is -2.33. The smallest absolute Gasteiger partial charge is 0.237 e. The molecule has 0 heterocycles. The van der Waals surface area contributed by atoms with E-state index in [1.54, 1.807) is 0 Å². The van der Waals surface area contributed by atoms with Gasteiger partial charge in [0, 0.05) is 0 Å². The summed E-state index contributed by atoms with van der Waals surface area (Å²) in [5.41, 5.74) is 0. The van der Waals surface area contributed by atoms with Crippen molar-refractivity contribution in [3.63, 3.8) is 0 Å². The van der Waals surface area contributed by atoms with Crippen LogP contribution in [0.25, 0.3) is 0 Å². The third-order valence-corrected chi connectivity index (χ3v) is 14.8. The molecule has 0 rings (SSSR count). The van der Waals surface area contributed by atoms with Crippen LogP contribution in [0, 0.1) is 0 Å². The standard InChI is InChI=1S/C14H36Cl2O2Si4/c1-8-9-10-11-12-13(20(15)16)19-14(17-21(2,3)4)18-22(5,6)7/h13-14,20H,8-12,19H2,1-7H3. The molecule has 0 bridgehead atoms. The molecular weight excluding hydrogens is 383 g/mol. The van der Waals surface area contributed by atoms with Crippen LogP contribution in [0.1, 0.15) is 39.0 Å². The Hall–Kier alpha value is 1.37. The fourth-order valence-corrected chi connectivity index (χ4v) is 13.5. The van der Waals surface area contributed by atoms with Crippen molar-refractivity contribution in [3.8, 4) is 0 Å². The first-order valence-electron chi connectivity index (χ1n) is 8.58. The first-order valence-corrected chi connectivity index (χ1v) is 21.2. The summed E-state index contributed by atoms with van der Waals surface area (Å²) in [6.45, 7) is 15.6. The molecule has 0 radical (unpaired) electrons. The Morgan fingerprint density at radius 3 is 1.77 bits per heavy atom. The van der Waals surface area contributed by atoms with Gasteiger partial charge in [0.15, 0.2) is 16.6 Å². The van der Waals surface area contributed by atoms with Crippen molar-refractivity contribution in [2.45, 2.75) is 89.4 Å².